The molecule has 8 nitrogen and oxygen atoms in total. The Morgan fingerprint density at radius 3 is 2.52 bits per heavy atom. The van der Waals surface area contributed by atoms with E-state index in [0.717, 1.165) is 5.69 Å². The number of amides is 1. The zero-order chi connectivity index (χ0) is 22.4. The van der Waals surface area contributed by atoms with Crippen molar-refractivity contribution in [1.29, 1.82) is 0 Å². The van der Waals surface area contributed by atoms with Gasteiger partial charge in [0, 0.05) is 11.9 Å². The van der Waals surface area contributed by atoms with Gasteiger partial charge < -0.3 is 4.74 Å². The van der Waals surface area contributed by atoms with Crippen LogP contribution in [-0.4, -0.2) is 38.4 Å². The molecule has 0 aliphatic carbocycles. The summed E-state index contributed by atoms with van der Waals surface area (Å²) < 4.78 is 32.5. The van der Waals surface area contributed by atoms with Crippen molar-refractivity contribution in [1.82, 2.24) is 4.98 Å². The summed E-state index contributed by atoms with van der Waals surface area (Å²) in [6, 6.07) is 14.2. The predicted octanol–water partition coefficient (Wildman–Crippen LogP) is 3.46. The summed E-state index contributed by atoms with van der Waals surface area (Å²) >= 11 is 1.26. The Bertz CT molecular complexity index is 1180. The van der Waals surface area contributed by atoms with E-state index in [9.17, 15) is 18.0 Å². The van der Waals surface area contributed by atoms with Crippen molar-refractivity contribution in [3.05, 3.63) is 71.2 Å². The van der Waals surface area contributed by atoms with Crippen LogP contribution in [0.15, 0.2) is 64.9 Å². The number of nitrogens with zero attached hydrogens (tertiary/aromatic N) is 2. The number of hydrogen-bond acceptors (Lipinski definition) is 7. The molecule has 0 atom stereocenters. The number of anilines is 2. The molecule has 0 saturated carbocycles. The molecule has 0 radical (unpaired) electrons. The fraction of sp³-hybridized carbons (Fsp3) is 0.190. The molecule has 162 valence electrons. The number of ether oxygens (including phenoxy) is 1. The fourth-order valence-corrected chi connectivity index (χ4v) is 5.00. The number of aryl methyl sites for hydroxylation is 1. The second-order valence-corrected chi connectivity index (χ2v) is 9.17. The molecule has 31 heavy (non-hydrogen) atoms. The standard InChI is InChI=1S/C21H21N3O5S2/c1-3-24(17-9-5-4-6-10-17)31(27,28)18-11-7-8-16(12-18)20(26)29-13-19(25)23-21-22-15(2)14-30-21/h4-12,14H,3,13H2,1-2H3,(H,22,23,25). The van der Waals surface area contributed by atoms with E-state index in [1.54, 1.807) is 49.6 Å². The lowest BCUT2D eigenvalue weighted by molar-refractivity contribution is -0.119. The Labute approximate surface area is 184 Å². The zero-order valence-corrected chi connectivity index (χ0v) is 18.6. The largest absolute Gasteiger partial charge is 0.452 e. The molecule has 1 aromatic heterocycles. The van der Waals surface area contributed by atoms with Gasteiger partial charge in [-0.1, -0.05) is 24.3 Å². The minimum Gasteiger partial charge on any atom is -0.452 e. The van der Waals surface area contributed by atoms with E-state index in [2.05, 4.69) is 10.3 Å². The summed E-state index contributed by atoms with van der Waals surface area (Å²) in [5.41, 5.74) is 1.32. The van der Waals surface area contributed by atoms with Crippen LogP contribution in [0.2, 0.25) is 0 Å². The van der Waals surface area contributed by atoms with Crippen molar-refractivity contribution in [2.45, 2.75) is 18.7 Å². The van der Waals surface area contributed by atoms with E-state index >= 15 is 0 Å². The third-order valence-electron chi connectivity index (χ3n) is 4.19. The van der Waals surface area contributed by atoms with Crippen LogP contribution in [0.1, 0.15) is 23.0 Å². The minimum atomic E-state index is -3.89. The number of carbonyl (C=O) groups excluding carboxylic acids is 2. The van der Waals surface area contributed by atoms with Gasteiger partial charge in [0.25, 0.3) is 15.9 Å². The second-order valence-electron chi connectivity index (χ2n) is 6.45. The van der Waals surface area contributed by atoms with Gasteiger partial charge in [0.1, 0.15) is 0 Å². The number of nitrogens with one attached hydrogen (secondary N) is 1. The Morgan fingerprint density at radius 2 is 1.87 bits per heavy atom. The third kappa shape index (κ3) is 5.47. The van der Waals surface area contributed by atoms with Gasteiger partial charge >= 0.3 is 5.97 Å². The maximum Gasteiger partial charge on any atom is 0.338 e. The predicted molar refractivity (Wildman–Crippen MR) is 119 cm³/mol. The average Bonchev–Trinajstić information content (AvgIpc) is 3.17. The van der Waals surface area contributed by atoms with Gasteiger partial charge in [-0.2, -0.15) is 0 Å². The Balaban J connectivity index is 1.71. The number of para-hydroxylation sites is 1. The van der Waals surface area contributed by atoms with Crippen LogP contribution in [0.3, 0.4) is 0 Å². The van der Waals surface area contributed by atoms with Crippen LogP contribution in [0.25, 0.3) is 0 Å². The van der Waals surface area contributed by atoms with Crippen molar-refractivity contribution in [3.63, 3.8) is 0 Å². The maximum absolute atomic E-state index is 13.1. The van der Waals surface area contributed by atoms with E-state index in [1.807, 2.05) is 0 Å². The number of benzene rings is 2. The molecule has 1 amide bonds. The molecule has 0 fully saturated rings. The van der Waals surface area contributed by atoms with Crippen LogP contribution >= 0.6 is 11.3 Å². The van der Waals surface area contributed by atoms with Crippen molar-refractivity contribution < 1.29 is 22.7 Å². The first kappa shape index (κ1) is 22.4. The van der Waals surface area contributed by atoms with Crippen molar-refractivity contribution in [3.8, 4) is 0 Å². The first-order valence-electron chi connectivity index (χ1n) is 9.38. The topological polar surface area (TPSA) is 106 Å². The number of sulfonamides is 1. The highest BCUT2D eigenvalue weighted by atomic mass is 32.2. The highest BCUT2D eigenvalue weighted by molar-refractivity contribution is 7.92. The van der Waals surface area contributed by atoms with Gasteiger partial charge in [-0.05, 0) is 44.2 Å². The van der Waals surface area contributed by atoms with Gasteiger partial charge in [0.05, 0.1) is 21.8 Å². The SMILES string of the molecule is CCN(c1ccccc1)S(=O)(=O)c1cccc(C(=O)OCC(=O)Nc2nc(C)cs2)c1. The normalized spacial score (nSPS) is 11.0. The molecule has 1 heterocycles. The monoisotopic (exact) mass is 459 g/mol. The molecule has 3 rings (SSSR count). The summed E-state index contributed by atoms with van der Waals surface area (Å²) in [4.78, 5) is 28.4. The van der Waals surface area contributed by atoms with Crippen molar-refractivity contribution in [2.75, 3.05) is 22.8 Å². The van der Waals surface area contributed by atoms with Crippen molar-refractivity contribution >= 4 is 44.1 Å². The quantitative estimate of drug-likeness (QED) is 0.517. The van der Waals surface area contributed by atoms with Crippen LogP contribution in [0, 0.1) is 6.92 Å². The molecule has 1 N–H and O–H groups in total. The molecule has 3 aromatic rings. The molecule has 0 spiro atoms. The van der Waals surface area contributed by atoms with Gasteiger partial charge in [-0.15, -0.1) is 11.3 Å². The molecular formula is C21H21N3O5S2. The highest BCUT2D eigenvalue weighted by Crippen LogP contribution is 2.24. The van der Waals surface area contributed by atoms with Crippen LogP contribution < -0.4 is 9.62 Å². The van der Waals surface area contributed by atoms with Crippen molar-refractivity contribution in [2.24, 2.45) is 0 Å². The lowest BCUT2D eigenvalue weighted by Gasteiger charge is -2.23. The van der Waals surface area contributed by atoms with Gasteiger partial charge in [-0.25, -0.2) is 18.2 Å². The number of rotatable bonds is 8. The number of hydrogen-bond donors (Lipinski definition) is 1. The first-order chi connectivity index (χ1) is 14.8. The smallest absolute Gasteiger partial charge is 0.338 e. The van der Waals surface area contributed by atoms with Gasteiger partial charge in [0.15, 0.2) is 11.7 Å². The summed E-state index contributed by atoms with van der Waals surface area (Å²) in [5, 5.41) is 4.72. The summed E-state index contributed by atoms with van der Waals surface area (Å²) in [5.74, 6) is -1.34. The second kappa shape index (κ2) is 9.71. The molecule has 2 aromatic carbocycles. The lowest BCUT2D eigenvalue weighted by atomic mass is 10.2. The Kier molecular flexibility index (Phi) is 7.03. The molecular weight excluding hydrogens is 438 g/mol. The van der Waals surface area contributed by atoms with E-state index in [-0.39, 0.29) is 17.0 Å². The number of thiazole rings is 1. The van der Waals surface area contributed by atoms with Crippen LogP contribution in [0.4, 0.5) is 10.8 Å². The molecule has 0 bridgehead atoms. The van der Waals surface area contributed by atoms with Gasteiger partial charge in [0.2, 0.25) is 0 Å². The van der Waals surface area contributed by atoms with E-state index < -0.39 is 28.5 Å². The zero-order valence-electron chi connectivity index (χ0n) is 16.9. The molecule has 10 heteroatoms. The molecule has 0 aliphatic rings. The molecule has 0 saturated heterocycles. The molecule has 0 unspecified atom stereocenters. The highest BCUT2D eigenvalue weighted by Gasteiger charge is 2.24. The van der Waals surface area contributed by atoms with Crippen LogP contribution in [-0.2, 0) is 19.6 Å². The summed E-state index contributed by atoms with van der Waals surface area (Å²) in [6.45, 7) is 3.23. The first-order valence-corrected chi connectivity index (χ1v) is 11.7. The van der Waals surface area contributed by atoms with E-state index in [4.69, 9.17) is 4.74 Å². The third-order valence-corrected chi connectivity index (χ3v) is 6.96. The van der Waals surface area contributed by atoms with E-state index in [1.165, 1.54) is 39.9 Å². The fourth-order valence-electron chi connectivity index (χ4n) is 2.78. The number of esters is 1. The Hall–Kier alpha value is -3.24. The lowest BCUT2D eigenvalue weighted by Crippen LogP contribution is -2.30. The number of aromatic nitrogens is 1. The Morgan fingerprint density at radius 1 is 1.13 bits per heavy atom. The van der Waals surface area contributed by atoms with Crippen LogP contribution in [0.5, 0.6) is 0 Å². The maximum atomic E-state index is 13.1. The number of carbonyl (C=O) groups is 2. The van der Waals surface area contributed by atoms with E-state index in [0.29, 0.717) is 10.8 Å². The average molecular weight is 460 g/mol. The summed E-state index contributed by atoms with van der Waals surface area (Å²) in [7, 11) is -3.89. The van der Waals surface area contributed by atoms with Gasteiger partial charge in [-0.3, -0.25) is 14.4 Å². The molecule has 0 aliphatic heterocycles. The summed E-state index contributed by atoms with van der Waals surface area (Å²) in [6.07, 6.45) is 0. The minimum absolute atomic E-state index is 0.0306.